The normalized spacial score (nSPS) is 9.70. The van der Waals surface area contributed by atoms with Gasteiger partial charge in [0.15, 0.2) is 0 Å². The van der Waals surface area contributed by atoms with Gasteiger partial charge in [-0.2, -0.15) is 0 Å². The number of carbonyl (C=O) groups excluding carboxylic acids is 1. The Labute approximate surface area is 62.0 Å². The monoisotopic (exact) mass is 145 g/mol. The van der Waals surface area contributed by atoms with Crippen LogP contribution in [-0.2, 0) is 4.74 Å². The predicted octanol–water partition coefficient (Wildman–Crippen LogP) is 1.34. The summed E-state index contributed by atoms with van der Waals surface area (Å²) in [6.07, 6.45) is -0.270. The zero-order valence-corrected chi connectivity index (χ0v) is 7.05. The molecule has 0 radical (unpaired) electrons. The van der Waals surface area contributed by atoms with Crippen molar-refractivity contribution in [2.75, 3.05) is 20.7 Å². The molecule has 10 heavy (non-hydrogen) atoms. The molecule has 0 atom stereocenters. The molecule has 1 amide bonds. The van der Waals surface area contributed by atoms with Crippen LogP contribution in [-0.4, -0.2) is 31.7 Å². The minimum Gasteiger partial charge on any atom is -0.449 e. The third-order valence-electron chi connectivity index (χ3n) is 0.905. The highest BCUT2D eigenvalue weighted by Crippen LogP contribution is 1.94. The van der Waals surface area contributed by atoms with Crippen molar-refractivity contribution in [3.8, 4) is 0 Å². The summed E-state index contributed by atoms with van der Waals surface area (Å²) in [6, 6.07) is 0. The molecule has 3 heteroatoms. The highest BCUT2D eigenvalue weighted by molar-refractivity contribution is 5.66. The van der Waals surface area contributed by atoms with Gasteiger partial charge < -0.3 is 9.64 Å². The molecule has 0 N–H and O–H groups in total. The maximum atomic E-state index is 10.8. The van der Waals surface area contributed by atoms with Crippen molar-refractivity contribution in [3.63, 3.8) is 0 Å². The van der Waals surface area contributed by atoms with E-state index in [1.165, 1.54) is 4.90 Å². The van der Waals surface area contributed by atoms with Gasteiger partial charge in [-0.15, -0.1) is 0 Å². The standard InChI is InChI=1S/C7H15NO2/c1-6(2)5-10-7(9)8(3)4/h6H,5H2,1-4H3. The van der Waals surface area contributed by atoms with Crippen molar-refractivity contribution in [1.82, 2.24) is 4.90 Å². The molecule has 0 unspecified atom stereocenters. The van der Waals surface area contributed by atoms with E-state index in [1.54, 1.807) is 14.1 Å². The molecule has 0 heterocycles. The maximum Gasteiger partial charge on any atom is 0.409 e. The molecular formula is C7H15NO2. The van der Waals surface area contributed by atoms with Crippen LogP contribution in [0.5, 0.6) is 0 Å². The number of nitrogens with zero attached hydrogens (tertiary/aromatic N) is 1. The third-order valence-corrected chi connectivity index (χ3v) is 0.905. The molecule has 0 aromatic rings. The van der Waals surface area contributed by atoms with E-state index >= 15 is 0 Å². The second-order valence-corrected chi connectivity index (χ2v) is 2.87. The Hall–Kier alpha value is -0.730. The molecule has 0 spiro atoms. The Morgan fingerprint density at radius 2 is 2.00 bits per heavy atom. The van der Waals surface area contributed by atoms with Crippen molar-refractivity contribution in [2.24, 2.45) is 5.92 Å². The minimum absolute atomic E-state index is 0.270. The van der Waals surface area contributed by atoms with Crippen LogP contribution in [0.1, 0.15) is 13.8 Å². The second-order valence-electron chi connectivity index (χ2n) is 2.87. The first-order valence-electron chi connectivity index (χ1n) is 3.38. The first-order chi connectivity index (χ1) is 4.54. The van der Waals surface area contributed by atoms with E-state index in [4.69, 9.17) is 4.74 Å². The van der Waals surface area contributed by atoms with Crippen LogP contribution in [0, 0.1) is 5.92 Å². The quantitative estimate of drug-likeness (QED) is 0.586. The van der Waals surface area contributed by atoms with Crippen LogP contribution in [0.3, 0.4) is 0 Å². The van der Waals surface area contributed by atoms with Gasteiger partial charge in [0.2, 0.25) is 0 Å². The molecule has 3 nitrogen and oxygen atoms in total. The Kier molecular flexibility index (Phi) is 3.84. The van der Waals surface area contributed by atoms with E-state index in [-0.39, 0.29) is 6.09 Å². The first-order valence-corrected chi connectivity index (χ1v) is 3.38. The van der Waals surface area contributed by atoms with Gasteiger partial charge in [0.1, 0.15) is 0 Å². The molecule has 0 saturated heterocycles. The van der Waals surface area contributed by atoms with E-state index in [0.29, 0.717) is 12.5 Å². The van der Waals surface area contributed by atoms with Gasteiger partial charge in [0.25, 0.3) is 0 Å². The third kappa shape index (κ3) is 4.18. The molecule has 60 valence electrons. The van der Waals surface area contributed by atoms with Gasteiger partial charge in [0, 0.05) is 14.1 Å². The van der Waals surface area contributed by atoms with Crippen molar-refractivity contribution < 1.29 is 9.53 Å². The summed E-state index contributed by atoms with van der Waals surface area (Å²) in [6.45, 7) is 4.50. The average molecular weight is 145 g/mol. The molecule has 0 rings (SSSR count). The van der Waals surface area contributed by atoms with E-state index in [0.717, 1.165) is 0 Å². The number of hydrogen-bond acceptors (Lipinski definition) is 2. The number of amides is 1. The summed E-state index contributed by atoms with van der Waals surface area (Å²) in [7, 11) is 3.34. The molecule has 0 aromatic carbocycles. The topological polar surface area (TPSA) is 29.5 Å². The van der Waals surface area contributed by atoms with Gasteiger partial charge in [-0.05, 0) is 5.92 Å². The summed E-state index contributed by atoms with van der Waals surface area (Å²) in [4.78, 5) is 12.2. The number of carbonyl (C=O) groups is 1. The Bertz CT molecular complexity index is 110. The van der Waals surface area contributed by atoms with Crippen LogP contribution in [0.4, 0.5) is 4.79 Å². The van der Waals surface area contributed by atoms with Crippen LogP contribution >= 0.6 is 0 Å². The lowest BCUT2D eigenvalue weighted by Crippen LogP contribution is -2.24. The molecule has 0 aliphatic carbocycles. The Morgan fingerprint density at radius 1 is 1.50 bits per heavy atom. The van der Waals surface area contributed by atoms with Crippen LogP contribution in [0.15, 0.2) is 0 Å². The van der Waals surface area contributed by atoms with Gasteiger partial charge in [-0.1, -0.05) is 13.8 Å². The molecule has 0 saturated carbocycles. The molecule has 0 fully saturated rings. The van der Waals surface area contributed by atoms with Crippen molar-refractivity contribution in [2.45, 2.75) is 13.8 Å². The Balaban J connectivity index is 3.40. The number of ether oxygens (including phenoxy) is 1. The average Bonchev–Trinajstić information content (AvgIpc) is 1.82. The van der Waals surface area contributed by atoms with Crippen molar-refractivity contribution >= 4 is 6.09 Å². The number of rotatable bonds is 2. The van der Waals surface area contributed by atoms with Crippen LogP contribution in [0.2, 0.25) is 0 Å². The predicted molar refractivity (Wildman–Crippen MR) is 39.9 cm³/mol. The summed E-state index contributed by atoms with van der Waals surface area (Å²) < 4.78 is 4.85. The van der Waals surface area contributed by atoms with Gasteiger partial charge in [0.05, 0.1) is 6.61 Å². The highest BCUT2D eigenvalue weighted by Gasteiger charge is 2.04. The number of hydrogen-bond donors (Lipinski definition) is 0. The zero-order valence-electron chi connectivity index (χ0n) is 7.05. The van der Waals surface area contributed by atoms with E-state index in [2.05, 4.69) is 0 Å². The molecule has 0 aliphatic rings. The fraction of sp³-hybridized carbons (Fsp3) is 0.857. The molecule has 0 bridgehead atoms. The largest absolute Gasteiger partial charge is 0.449 e. The maximum absolute atomic E-state index is 10.8. The molecule has 0 aromatic heterocycles. The lowest BCUT2D eigenvalue weighted by molar-refractivity contribution is 0.107. The highest BCUT2D eigenvalue weighted by atomic mass is 16.6. The Morgan fingerprint density at radius 3 is 2.30 bits per heavy atom. The zero-order chi connectivity index (χ0) is 8.15. The van der Waals surface area contributed by atoms with Gasteiger partial charge in [-0.25, -0.2) is 4.79 Å². The summed E-state index contributed by atoms with van der Waals surface area (Å²) in [5, 5.41) is 0. The second kappa shape index (κ2) is 4.14. The van der Waals surface area contributed by atoms with E-state index in [1.807, 2.05) is 13.8 Å². The summed E-state index contributed by atoms with van der Waals surface area (Å²) >= 11 is 0. The van der Waals surface area contributed by atoms with Crippen LogP contribution < -0.4 is 0 Å². The lowest BCUT2D eigenvalue weighted by atomic mass is 10.2. The molecular weight excluding hydrogens is 130 g/mol. The minimum atomic E-state index is -0.270. The lowest BCUT2D eigenvalue weighted by Gasteiger charge is -2.11. The summed E-state index contributed by atoms with van der Waals surface area (Å²) in [5.74, 6) is 0.406. The smallest absolute Gasteiger partial charge is 0.409 e. The van der Waals surface area contributed by atoms with Crippen molar-refractivity contribution in [3.05, 3.63) is 0 Å². The van der Waals surface area contributed by atoms with Crippen molar-refractivity contribution in [1.29, 1.82) is 0 Å². The van der Waals surface area contributed by atoms with E-state index in [9.17, 15) is 4.79 Å². The van der Waals surface area contributed by atoms with Gasteiger partial charge >= 0.3 is 6.09 Å². The fourth-order valence-electron chi connectivity index (χ4n) is 0.367. The van der Waals surface area contributed by atoms with Crippen LogP contribution in [0.25, 0.3) is 0 Å². The first kappa shape index (κ1) is 9.27. The molecule has 0 aliphatic heterocycles. The van der Waals surface area contributed by atoms with E-state index < -0.39 is 0 Å². The fourth-order valence-corrected chi connectivity index (χ4v) is 0.367. The SMILES string of the molecule is CC(C)COC(=O)N(C)C. The summed E-state index contributed by atoms with van der Waals surface area (Å²) in [5.41, 5.74) is 0. The van der Waals surface area contributed by atoms with Gasteiger partial charge in [-0.3, -0.25) is 0 Å².